The molecule has 0 saturated carbocycles. The molecule has 6 nitrogen and oxygen atoms in total. The molecule has 2 aliphatic rings. The second-order valence-electron chi connectivity index (χ2n) is 9.83. The Hall–Kier alpha value is -3.41. The highest BCUT2D eigenvalue weighted by Gasteiger charge is 2.30. The van der Waals surface area contributed by atoms with Crippen molar-refractivity contribution in [1.29, 1.82) is 0 Å². The molecule has 1 aromatic carbocycles. The lowest BCUT2D eigenvalue weighted by Crippen LogP contribution is -2.50. The third-order valence-corrected chi connectivity index (χ3v) is 6.81. The second-order valence-corrected chi connectivity index (χ2v) is 9.83. The van der Waals surface area contributed by atoms with Crippen LogP contribution in [0.25, 0.3) is 6.08 Å². The van der Waals surface area contributed by atoms with Crippen LogP contribution in [-0.2, 0) is 11.2 Å². The van der Waals surface area contributed by atoms with E-state index in [-0.39, 0.29) is 5.91 Å². The lowest BCUT2D eigenvalue weighted by atomic mass is 9.95. The zero-order chi connectivity index (χ0) is 30.6. The van der Waals surface area contributed by atoms with Gasteiger partial charge in [0.1, 0.15) is 5.82 Å². The second kappa shape index (κ2) is 20.5. The predicted octanol–water partition coefficient (Wildman–Crippen LogP) is 9.19. The van der Waals surface area contributed by atoms with E-state index in [2.05, 4.69) is 73.4 Å². The third-order valence-electron chi connectivity index (χ3n) is 6.81. The molecular weight excluding hydrogens is 506 g/mol. The lowest BCUT2D eigenvalue weighted by molar-refractivity contribution is -0.132. The molecule has 226 valence electrons. The molecule has 1 aromatic heterocycles. The minimum atomic E-state index is 0.0137. The molecule has 0 atom stereocenters. The summed E-state index contributed by atoms with van der Waals surface area (Å²) >= 11 is 0. The first-order valence-corrected chi connectivity index (χ1v) is 15.8. The Morgan fingerprint density at radius 1 is 1.05 bits per heavy atom. The van der Waals surface area contributed by atoms with Crippen molar-refractivity contribution >= 4 is 29.4 Å². The number of anilines is 3. The van der Waals surface area contributed by atoms with Crippen LogP contribution in [0.15, 0.2) is 61.5 Å². The van der Waals surface area contributed by atoms with Crippen LogP contribution in [-0.4, -0.2) is 40.4 Å². The van der Waals surface area contributed by atoms with Crippen LogP contribution in [0.2, 0.25) is 0 Å². The molecule has 1 N–H and O–H groups in total. The van der Waals surface area contributed by atoms with Gasteiger partial charge in [0, 0.05) is 42.8 Å². The summed E-state index contributed by atoms with van der Waals surface area (Å²) in [6, 6.07) is 8.49. The van der Waals surface area contributed by atoms with Crippen LogP contribution in [0, 0.1) is 5.92 Å². The fourth-order valence-corrected chi connectivity index (χ4v) is 4.32. The zero-order valence-corrected chi connectivity index (χ0v) is 26.9. The lowest BCUT2D eigenvalue weighted by Gasteiger charge is -2.40. The molecule has 41 heavy (non-hydrogen) atoms. The van der Waals surface area contributed by atoms with Crippen molar-refractivity contribution in [3.05, 3.63) is 72.6 Å². The van der Waals surface area contributed by atoms with Crippen molar-refractivity contribution in [2.24, 2.45) is 5.92 Å². The third kappa shape index (κ3) is 11.5. The minimum absolute atomic E-state index is 0.0137. The Balaban J connectivity index is 0.000000950. The molecule has 1 fully saturated rings. The fraction of sp³-hybridized carbons (Fsp3) is 0.514. The van der Waals surface area contributed by atoms with Gasteiger partial charge in [-0.3, -0.25) is 4.79 Å². The van der Waals surface area contributed by atoms with Gasteiger partial charge in [0.25, 0.3) is 0 Å². The summed E-state index contributed by atoms with van der Waals surface area (Å²) in [6.07, 6.45) is 15.6. The molecule has 0 aliphatic carbocycles. The number of likely N-dealkylation sites (tertiary alicyclic amines) is 1. The van der Waals surface area contributed by atoms with Crippen molar-refractivity contribution in [3.63, 3.8) is 0 Å². The van der Waals surface area contributed by atoms with E-state index in [9.17, 15) is 4.79 Å². The topological polar surface area (TPSA) is 61.4 Å². The standard InChI is InChI=1S/C27H33N5O.C4H10.2C2H6/c1-4-6-7-9-21-10-8-11-24(16-21)29-27-28-17-23-13-12-20(3)32(26(23)30-27)15-14-22-18-31(19-22)25(33)5-2;1-3-4-2;2*1-2/h5,8,10-13,16-17,22H,2-4,6-7,9,14-15,18-19H2,1H3,(H,28,29,30);3-4H2,1-2H3;2*1-2H3. The number of aryl methyl sites for hydroxylation is 1. The van der Waals surface area contributed by atoms with E-state index in [0.29, 0.717) is 11.9 Å². The monoisotopic (exact) mass is 561 g/mol. The van der Waals surface area contributed by atoms with Crippen LogP contribution in [0.1, 0.15) is 98.1 Å². The molecule has 0 bridgehead atoms. The van der Waals surface area contributed by atoms with E-state index >= 15 is 0 Å². The predicted molar refractivity (Wildman–Crippen MR) is 179 cm³/mol. The zero-order valence-electron chi connectivity index (χ0n) is 26.9. The van der Waals surface area contributed by atoms with Gasteiger partial charge in [-0.1, -0.05) is 99.4 Å². The van der Waals surface area contributed by atoms with E-state index in [1.807, 2.05) is 50.9 Å². The number of unbranched alkanes of at least 4 members (excludes halogenated alkanes) is 3. The van der Waals surface area contributed by atoms with Gasteiger partial charge < -0.3 is 15.1 Å². The molecule has 1 saturated heterocycles. The average Bonchev–Trinajstić information content (AvgIpc) is 2.99. The van der Waals surface area contributed by atoms with Crippen molar-refractivity contribution in [2.75, 3.05) is 29.9 Å². The number of amides is 1. The molecule has 3 heterocycles. The number of hydrogen-bond donors (Lipinski definition) is 1. The first-order valence-electron chi connectivity index (χ1n) is 15.8. The van der Waals surface area contributed by atoms with Crippen molar-refractivity contribution in [3.8, 4) is 0 Å². The molecule has 2 aromatic rings. The number of allylic oxidation sites excluding steroid dienone is 1. The first-order chi connectivity index (χ1) is 20.0. The maximum Gasteiger partial charge on any atom is 0.245 e. The minimum Gasteiger partial charge on any atom is -0.338 e. The van der Waals surface area contributed by atoms with E-state index in [4.69, 9.17) is 4.98 Å². The number of benzene rings is 1. The summed E-state index contributed by atoms with van der Waals surface area (Å²) in [6.45, 7) is 24.8. The molecule has 4 rings (SSSR count). The van der Waals surface area contributed by atoms with E-state index in [0.717, 1.165) is 55.2 Å². The average molecular weight is 562 g/mol. The summed E-state index contributed by atoms with van der Waals surface area (Å²) < 4.78 is 0. The molecule has 6 heteroatoms. The van der Waals surface area contributed by atoms with Crippen LogP contribution >= 0.6 is 0 Å². The van der Waals surface area contributed by atoms with Crippen LogP contribution in [0.5, 0.6) is 0 Å². The Morgan fingerprint density at radius 2 is 1.76 bits per heavy atom. The Morgan fingerprint density at radius 3 is 2.39 bits per heavy atom. The Bertz CT molecular complexity index is 1090. The number of fused-ring (bicyclic) bond motifs is 1. The first kappa shape index (κ1) is 35.6. The summed E-state index contributed by atoms with van der Waals surface area (Å²) in [5.74, 6) is 1.96. The highest BCUT2D eigenvalue weighted by atomic mass is 16.2. The van der Waals surface area contributed by atoms with Crippen molar-refractivity contribution in [1.82, 2.24) is 14.9 Å². The summed E-state index contributed by atoms with van der Waals surface area (Å²) in [7, 11) is 0. The maximum absolute atomic E-state index is 11.7. The summed E-state index contributed by atoms with van der Waals surface area (Å²) in [4.78, 5) is 25.0. The van der Waals surface area contributed by atoms with Gasteiger partial charge >= 0.3 is 0 Å². The molecule has 1 amide bonds. The smallest absolute Gasteiger partial charge is 0.245 e. The van der Waals surface area contributed by atoms with Crippen LogP contribution < -0.4 is 10.2 Å². The quantitative estimate of drug-likeness (QED) is 0.219. The van der Waals surface area contributed by atoms with Crippen molar-refractivity contribution in [2.45, 2.75) is 93.4 Å². The maximum atomic E-state index is 11.7. The highest BCUT2D eigenvalue weighted by Crippen LogP contribution is 2.31. The number of rotatable bonds is 11. The summed E-state index contributed by atoms with van der Waals surface area (Å²) in [5.41, 5.74) is 4.23. The van der Waals surface area contributed by atoms with Gasteiger partial charge in [-0.15, -0.1) is 0 Å². The normalized spacial score (nSPS) is 13.3. The van der Waals surface area contributed by atoms with Crippen LogP contribution in [0.3, 0.4) is 0 Å². The van der Waals surface area contributed by atoms with Gasteiger partial charge in [-0.05, 0) is 61.1 Å². The van der Waals surface area contributed by atoms with Crippen molar-refractivity contribution < 1.29 is 4.79 Å². The number of nitrogens with one attached hydrogen (secondary N) is 1. The van der Waals surface area contributed by atoms with Gasteiger partial charge in [0.05, 0.1) is 0 Å². The van der Waals surface area contributed by atoms with Gasteiger partial charge in [-0.25, -0.2) is 4.98 Å². The molecule has 2 aliphatic heterocycles. The molecule has 0 unspecified atom stereocenters. The van der Waals surface area contributed by atoms with Gasteiger partial charge in [0.2, 0.25) is 11.9 Å². The molecule has 0 spiro atoms. The SMILES string of the molecule is C=CC(=O)N1CC(CCN2C(=C)C=Cc3cnc(Nc4cccc(CCCCC)c4)nc32)C1.CC.CC.CCCC. The largest absolute Gasteiger partial charge is 0.338 e. The van der Waals surface area contributed by atoms with Gasteiger partial charge in [-0.2, -0.15) is 4.98 Å². The number of aromatic nitrogens is 2. The van der Waals surface area contributed by atoms with E-state index < -0.39 is 0 Å². The highest BCUT2D eigenvalue weighted by molar-refractivity contribution is 5.87. The number of carbonyl (C=O) groups is 1. The summed E-state index contributed by atoms with van der Waals surface area (Å²) in [5, 5.41) is 3.38. The van der Waals surface area contributed by atoms with Crippen LogP contribution in [0.4, 0.5) is 17.5 Å². The Kier molecular flexibility index (Phi) is 17.8. The van der Waals surface area contributed by atoms with E-state index in [1.165, 1.54) is 43.7 Å². The number of hydrogen-bond acceptors (Lipinski definition) is 5. The Labute approximate surface area is 250 Å². The number of nitrogens with zero attached hydrogens (tertiary/aromatic N) is 4. The van der Waals surface area contributed by atoms with E-state index in [1.54, 1.807) is 0 Å². The number of carbonyl (C=O) groups excluding carboxylic acids is 1. The fourth-order valence-electron chi connectivity index (χ4n) is 4.32. The molecular formula is C35H55N5O. The van der Waals surface area contributed by atoms with Gasteiger partial charge in [0.15, 0.2) is 0 Å². The molecule has 0 radical (unpaired) electrons.